The highest BCUT2D eigenvalue weighted by molar-refractivity contribution is 6.35. The lowest BCUT2D eigenvalue weighted by Gasteiger charge is -2.08. The molecular weight excluding hydrogens is 411 g/mol. The zero-order valence-electron chi connectivity index (χ0n) is 15.4. The van der Waals surface area contributed by atoms with Gasteiger partial charge in [-0.1, -0.05) is 41.4 Å². The van der Waals surface area contributed by atoms with Gasteiger partial charge in [0.2, 0.25) is 0 Å². The zero-order chi connectivity index (χ0) is 20.4. The van der Waals surface area contributed by atoms with Gasteiger partial charge in [0.15, 0.2) is 10.8 Å². The van der Waals surface area contributed by atoms with Crippen molar-refractivity contribution in [3.05, 3.63) is 82.1 Å². The first-order valence-corrected chi connectivity index (χ1v) is 9.53. The summed E-state index contributed by atoms with van der Waals surface area (Å²) in [6, 6.07) is 18.0. The molecular formula is C21H16Cl2N4O2. The monoisotopic (exact) mass is 426 g/mol. The topological polar surface area (TPSA) is 68.5 Å². The fourth-order valence-electron chi connectivity index (χ4n) is 3.00. The number of rotatable bonds is 5. The van der Waals surface area contributed by atoms with Gasteiger partial charge in [-0.2, -0.15) is 5.10 Å². The summed E-state index contributed by atoms with van der Waals surface area (Å²) >= 11 is 12.4. The molecule has 6 nitrogen and oxygen atoms in total. The summed E-state index contributed by atoms with van der Waals surface area (Å²) in [6.07, 6.45) is 0. The lowest BCUT2D eigenvalue weighted by molar-refractivity contribution is 0.0950. The minimum Gasteiger partial charge on any atom is -0.497 e. The van der Waals surface area contributed by atoms with Crippen molar-refractivity contribution < 1.29 is 9.53 Å². The molecule has 0 aliphatic rings. The average Bonchev–Trinajstić information content (AvgIpc) is 3.11. The molecule has 0 saturated carbocycles. The number of methoxy groups -OCH3 is 1. The average molecular weight is 427 g/mol. The van der Waals surface area contributed by atoms with Crippen LogP contribution < -0.4 is 10.1 Å². The van der Waals surface area contributed by atoms with Gasteiger partial charge in [0, 0.05) is 11.1 Å². The molecule has 0 aliphatic carbocycles. The van der Waals surface area contributed by atoms with Crippen LogP contribution in [0.25, 0.3) is 16.9 Å². The Balaban J connectivity index is 1.76. The van der Waals surface area contributed by atoms with Gasteiger partial charge in [0.05, 0.1) is 30.1 Å². The number of imidazole rings is 1. The normalized spacial score (nSPS) is 10.9. The number of hydrogen-bond acceptors (Lipinski definition) is 4. The SMILES string of the molecule is COc1ccc(-c2nc3c(Cl)cc(Cl)nn3c2CNC(=O)c2ccccc2)cc1. The summed E-state index contributed by atoms with van der Waals surface area (Å²) in [7, 11) is 1.61. The summed E-state index contributed by atoms with van der Waals surface area (Å²) < 4.78 is 6.79. The molecule has 29 heavy (non-hydrogen) atoms. The molecule has 4 rings (SSSR count). The van der Waals surface area contributed by atoms with E-state index < -0.39 is 0 Å². The van der Waals surface area contributed by atoms with Gasteiger partial charge < -0.3 is 10.1 Å². The summed E-state index contributed by atoms with van der Waals surface area (Å²) in [4.78, 5) is 17.2. The maximum atomic E-state index is 12.5. The second-order valence-electron chi connectivity index (χ2n) is 6.23. The second kappa shape index (κ2) is 8.11. The highest BCUT2D eigenvalue weighted by Crippen LogP contribution is 2.29. The molecule has 8 heteroatoms. The van der Waals surface area contributed by atoms with Crippen LogP contribution in [0.2, 0.25) is 10.2 Å². The molecule has 0 radical (unpaired) electrons. The van der Waals surface area contributed by atoms with E-state index >= 15 is 0 Å². The van der Waals surface area contributed by atoms with Gasteiger partial charge in [0.25, 0.3) is 5.91 Å². The predicted octanol–water partition coefficient (Wildman–Crippen LogP) is 4.64. The number of nitrogens with zero attached hydrogens (tertiary/aromatic N) is 3. The molecule has 0 aliphatic heterocycles. The predicted molar refractivity (Wildman–Crippen MR) is 113 cm³/mol. The molecule has 0 bridgehead atoms. The molecule has 4 aromatic rings. The minimum atomic E-state index is -0.200. The highest BCUT2D eigenvalue weighted by atomic mass is 35.5. The van der Waals surface area contributed by atoms with Crippen LogP contribution in [0.1, 0.15) is 16.1 Å². The number of carbonyl (C=O) groups is 1. The number of fused-ring (bicyclic) bond motifs is 1. The first-order chi connectivity index (χ1) is 14.1. The maximum absolute atomic E-state index is 12.5. The fourth-order valence-corrected chi connectivity index (χ4v) is 3.46. The smallest absolute Gasteiger partial charge is 0.251 e. The first kappa shape index (κ1) is 19.2. The van der Waals surface area contributed by atoms with E-state index in [1.54, 1.807) is 23.8 Å². The van der Waals surface area contributed by atoms with E-state index in [1.165, 1.54) is 6.07 Å². The van der Waals surface area contributed by atoms with Crippen molar-refractivity contribution in [3.63, 3.8) is 0 Å². The number of hydrogen-bond donors (Lipinski definition) is 1. The second-order valence-corrected chi connectivity index (χ2v) is 7.03. The number of carbonyl (C=O) groups excluding carboxylic acids is 1. The van der Waals surface area contributed by atoms with E-state index in [2.05, 4.69) is 15.4 Å². The van der Waals surface area contributed by atoms with E-state index in [-0.39, 0.29) is 17.6 Å². The van der Waals surface area contributed by atoms with Gasteiger partial charge in [0.1, 0.15) is 5.75 Å². The van der Waals surface area contributed by atoms with Crippen LogP contribution in [0.4, 0.5) is 0 Å². The van der Waals surface area contributed by atoms with Crippen LogP contribution in [0.15, 0.2) is 60.7 Å². The number of benzene rings is 2. The van der Waals surface area contributed by atoms with E-state index in [0.717, 1.165) is 11.3 Å². The van der Waals surface area contributed by atoms with Crippen molar-refractivity contribution in [2.24, 2.45) is 0 Å². The zero-order valence-corrected chi connectivity index (χ0v) is 16.9. The Morgan fingerprint density at radius 2 is 1.83 bits per heavy atom. The molecule has 0 atom stereocenters. The third-order valence-corrected chi connectivity index (χ3v) is 4.88. The summed E-state index contributed by atoms with van der Waals surface area (Å²) in [5, 5.41) is 7.85. The van der Waals surface area contributed by atoms with E-state index in [4.69, 9.17) is 27.9 Å². The first-order valence-electron chi connectivity index (χ1n) is 8.78. The van der Waals surface area contributed by atoms with Crippen molar-refractivity contribution in [1.29, 1.82) is 0 Å². The summed E-state index contributed by atoms with van der Waals surface area (Å²) in [6.45, 7) is 0.194. The fraction of sp³-hybridized carbons (Fsp3) is 0.0952. The molecule has 146 valence electrons. The van der Waals surface area contributed by atoms with E-state index in [9.17, 15) is 4.79 Å². The van der Waals surface area contributed by atoms with Crippen molar-refractivity contribution in [2.45, 2.75) is 6.54 Å². The number of nitrogens with one attached hydrogen (secondary N) is 1. The van der Waals surface area contributed by atoms with E-state index in [1.807, 2.05) is 42.5 Å². The van der Waals surface area contributed by atoms with Gasteiger partial charge in [-0.25, -0.2) is 9.50 Å². The Labute approximate surface area is 177 Å². The van der Waals surface area contributed by atoms with E-state index in [0.29, 0.717) is 27.6 Å². The number of aromatic nitrogens is 3. The molecule has 0 saturated heterocycles. The lowest BCUT2D eigenvalue weighted by atomic mass is 10.1. The molecule has 1 amide bonds. The minimum absolute atomic E-state index is 0.194. The van der Waals surface area contributed by atoms with Crippen LogP contribution in [0, 0.1) is 0 Å². The Morgan fingerprint density at radius 1 is 1.10 bits per heavy atom. The van der Waals surface area contributed by atoms with Crippen LogP contribution in [0.5, 0.6) is 5.75 Å². The van der Waals surface area contributed by atoms with Crippen LogP contribution >= 0.6 is 23.2 Å². The van der Waals surface area contributed by atoms with Gasteiger partial charge in [-0.15, -0.1) is 0 Å². The molecule has 2 aromatic carbocycles. The van der Waals surface area contributed by atoms with Crippen LogP contribution in [0.3, 0.4) is 0 Å². The summed E-state index contributed by atoms with van der Waals surface area (Å²) in [5.41, 5.74) is 3.19. The van der Waals surface area contributed by atoms with Crippen molar-refractivity contribution in [2.75, 3.05) is 7.11 Å². The number of ether oxygens (including phenoxy) is 1. The van der Waals surface area contributed by atoms with Gasteiger partial charge in [-0.05, 0) is 42.5 Å². The third kappa shape index (κ3) is 3.90. The Bertz CT molecular complexity index is 1170. The maximum Gasteiger partial charge on any atom is 0.251 e. The Morgan fingerprint density at radius 3 is 2.52 bits per heavy atom. The molecule has 2 heterocycles. The van der Waals surface area contributed by atoms with Crippen molar-refractivity contribution >= 4 is 34.8 Å². The van der Waals surface area contributed by atoms with Crippen molar-refractivity contribution in [1.82, 2.24) is 19.9 Å². The van der Waals surface area contributed by atoms with Gasteiger partial charge >= 0.3 is 0 Å². The number of halogens is 2. The molecule has 0 spiro atoms. The third-order valence-electron chi connectivity index (χ3n) is 4.42. The summed E-state index contributed by atoms with van der Waals surface area (Å²) in [5.74, 6) is 0.532. The van der Waals surface area contributed by atoms with Crippen molar-refractivity contribution in [3.8, 4) is 17.0 Å². The quantitative estimate of drug-likeness (QED) is 0.504. The molecule has 0 fully saturated rings. The standard InChI is InChI=1S/C21H16Cl2N4O2/c1-29-15-9-7-13(8-10-15)19-17(12-24-21(28)14-5-3-2-4-6-14)27-20(25-19)16(22)11-18(23)26-27/h2-11H,12H2,1H3,(H,24,28). The largest absolute Gasteiger partial charge is 0.497 e. The highest BCUT2D eigenvalue weighted by Gasteiger charge is 2.19. The van der Waals surface area contributed by atoms with Gasteiger partial charge in [-0.3, -0.25) is 4.79 Å². The lowest BCUT2D eigenvalue weighted by Crippen LogP contribution is -2.24. The Hall–Kier alpha value is -3.09. The number of amides is 1. The van der Waals surface area contributed by atoms with Crippen LogP contribution in [-0.2, 0) is 6.54 Å². The Kier molecular flexibility index (Phi) is 5.38. The van der Waals surface area contributed by atoms with Crippen LogP contribution in [-0.4, -0.2) is 27.6 Å². The molecule has 1 N–H and O–H groups in total. The molecule has 2 aromatic heterocycles. The molecule has 0 unspecified atom stereocenters.